The average molecular weight is 448 g/mol. The zero-order valence-corrected chi connectivity index (χ0v) is 18.2. The Hall–Kier alpha value is -2.86. The number of nitrogen functional groups attached to an aromatic ring is 1. The highest BCUT2D eigenvalue weighted by Crippen LogP contribution is 2.40. The molecule has 4 N–H and O–H groups in total. The van der Waals surface area contributed by atoms with Gasteiger partial charge in [-0.3, -0.25) is 14.7 Å². The summed E-state index contributed by atoms with van der Waals surface area (Å²) in [4.78, 5) is 27.2. The molecule has 32 heavy (non-hydrogen) atoms. The van der Waals surface area contributed by atoms with E-state index in [9.17, 15) is 25.1 Å². The number of hydrogen-bond acceptors (Lipinski definition) is 9. The zero-order valence-electron chi connectivity index (χ0n) is 18.2. The van der Waals surface area contributed by atoms with Crippen LogP contribution in [-0.2, 0) is 16.1 Å². The smallest absolute Gasteiger partial charge is 0.351 e. The summed E-state index contributed by atoms with van der Waals surface area (Å²) in [5, 5.41) is 30.8. The van der Waals surface area contributed by atoms with Crippen LogP contribution >= 0.6 is 0 Å². The molecule has 1 fully saturated rings. The van der Waals surface area contributed by atoms with Crippen LogP contribution in [0.15, 0.2) is 35.3 Å². The van der Waals surface area contributed by atoms with Crippen LogP contribution in [0.3, 0.4) is 0 Å². The maximum Gasteiger partial charge on any atom is 0.351 e. The number of aliphatic hydroxyl groups excluding tert-OH is 2. The van der Waals surface area contributed by atoms with Crippen molar-refractivity contribution in [2.24, 2.45) is 5.41 Å². The van der Waals surface area contributed by atoms with Crippen molar-refractivity contribution in [3.05, 3.63) is 62.2 Å². The van der Waals surface area contributed by atoms with Crippen LogP contribution in [0.5, 0.6) is 0 Å². The summed E-state index contributed by atoms with van der Waals surface area (Å²) in [6.07, 6.45) is -1.62. The van der Waals surface area contributed by atoms with Crippen molar-refractivity contribution in [2.45, 2.75) is 58.3 Å². The van der Waals surface area contributed by atoms with Gasteiger partial charge in [-0.1, -0.05) is 32.9 Å². The zero-order chi connectivity index (χ0) is 23.6. The van der Waals surface area contributed by atoms with Gasteiger partial charge in [0.05, 0.1) is 35.9 Å². The topological polar surface area (TPSA) is 163 Å². The molecular weight excluding hydrogens is 420 g/mol. The number of nitrogens with two attached hydrogens (primary N) is 1. The first kappa shape index (κ1) is 23.8. The van der Waals surface area contributed by atoms with E-state index in [2.05, 4.69) is 4.98 Å². The highest BCUT2D eigenvalue weighted by Gasteiger charge is 2.36. The number of para-hydroxylation sites is 1. The normalized spacial score (nSPS) is 22.1. The third-order valence-electron chi connectivity index (χ3n) is 5.36. The van der Waals surface area contributed by atoms with Gasteiger partial charge in [0.1, 0.15) is 18.1 Å². The summed E-state index contributed by atoms with van der Waals surface area (Å²) in [6.45, 7) is 5.26. The largest absolute Gasteiger partial charge is 0.394 e. The van der Waals surface area contributed by atoms with Crippen molar-refractivity contribution < 1.29 is 24.6 Å². The number of rotatable bonds is 7. The molecular formula is C21H28N4O7. The Morgan fingerprint density at radius 1 is 1.41 bits per heavy atom. The van der Waals surface area contributed by atoms with Gasteiger partial charge < -0.3 is 25.4 Å². The number of aliphatic hydroxyl groups is 2. The maximum absolute atomic E-state index is 12.4. The van der Waals surface area contributed by atoms with E-state index >= 15 is 0 Å². The number of nitro benzene ring substituents is 1. The summed E-state index contributed by atoms with van der Waals surface area (Å²) in [5.74, 6) is -0.0290. The lowest BCUT2D eigenvalue weighted by Gasteiger charge is -2.31. The van der Waals surface area contributed by atoms with E-state index in [0.29, 0.717) is 11.1 Å². The van der Waals surface area contributed by atoms with Crippen molar-refractivity contribution in [2.75, 3.05) is 12.3 Å². The SMILES string of the molecule is CC(C)(C)[C@H](OCc1cn([C@H]2CC(O)[C@@H](CO)O2)c(=O)nc1N)c1ccccc1[N+](=O)[O-]. The van der Waals surface area contributed by atoms with Gasteiger partial charge in [0.2, 0.25) is 0 Å². The van der Waals surface area contributed by atoms with E-state index in [1.54, 1.807) is 18.2 Å². The highest BCUT2D eigenvalue weighted by molar-refractivity contribution is 5.42. The van der Waals surface area contributed by atoms with E-state index in [1.165, 1.54) is 16.8 Å². The van der Waals surface area contributed by atoms with Crippen molar-refractivity contribution in [1.82, 2.24) is 9.55 Å². The Kier molecular flexibility index (Phi) is 6.94. The first-order valence-electron chi connectivity index (χ1n) is 10.2. The molecule has 1 saturated heterocycles. The van der Waals surface area contributed by atoms with Gasteiger partial charge >= 0.3 is 5.69 Å². The van der Waals surface area contributed by atoms with Crippen molar-refractivity contribution in [1.29, 1.82) is 0 Å². The number of benzene rings is 1. The molecule has 4 atom stereocenters. The molecule has 11 nitrogen and oxygen atoms in total. The van der Waals surface area contributed by atoms with Crippen LogP contribution in [0.1, 0.15) is 50.7 Å². The molecule has 1 aliphatic heterocycles. The molecule has 1 unspecified atom stereocenters. The fourth-order valence-electron chi connectivity index (χ4n) is 3.74. The van der Waals surface area contributed by atoms with Crippen molar-refractivity contribution in [3.8, 4) is 0 Å². The van der Waals surface area contributed by atoms with Crippen LogP contribution in [0.2, 0.25) is 0 Å². The van der Waals surface area contributed by atoms with Gasteiger partial charge in [0, 0.05) is 24.2 Å². The lowest BCUT2D eigenvalue weighted by molar-refractivity contribution is -0.386. The number of nitro groups is 1. The van der Waals surface area contributed by atoms with Gasteiger partial charge in [-0.05, 0) is 11.5 Å². The number of ether oxygens (including phenoxy) is 2. The molecule has 1 aromatic heterocycles. The van der Waals surface area contributed by atoms with E-state index in [4.69, 9.17) is 15.2 Å². The second kappa shape index (κ2) is 9.33. The second-order valence-corrected chi connectivity index (χ2v) is 8.83. The molecule has 2 heterocycles. The van der Waals surface area contributed by atoms with Gasteiger partial charge in [-0.2, -0.15) is 4.98 Å². The summed E-state index contributed by atoms with van der Waals surface area (Å²) in [5.41, 5.74) is 5.56. The van der Waals surface area contributed by atoms with Crippen LogP contribution < -0.4 is 11.4 Å². The Morgan fingerprint density at radius 3 is 2.69 bits per heavy atom. The number of aromatic nitrogens is 2. The second-order valence-electron chi connectivity index (χ2n) is 8.83. The van der Waals surface area contributed by atoms with E-state index in [0.717, 1.165) is 0 Å². The molecule has 0 saturated carbocycles. The molecule has 3 rings (SSSR count). The monoisotopic (exact) mass is 448 g/mol. The lowest BCUT2D eigenvalue weighted by Crippen LogP contribution is -2.29. The summed E-state index contributed by atoms with van der Waals surface area (Å²) in [7, 11) is 0. The lowest BCUT2D eigenvalue weighted by atomic mass is 9.84. The van der Waals surface area contributed by atoms with Crippen molar-refractivity contribution >= 4 is 11.5 Å². The first-order valence-corrected chi connectivity index (χ1v) is 10.2. The number of hydrogen-bond donors (Lipinski definition) is 3. The van der Waals surface area contributed by atoms with Gasteiger partial charge in [0.25, 0.3) is 5.69 Å². The Morgan fingerprint density at radius 2 is 2.09 bits per heavy atom. The quantitative estimate of drug-likeness (QED) is 0.422. The summed E-state index contributed by atoms with van der Waals surface area (Å²) >= 11 is 0. The fourth-order valence-corrected chi connectivity index (χ4v) is 3.74. The van der Waals surface area contributed by atoms with Crippen LogP contribution in [0.25, 0.3) is 0 Å². The molecule has 0 aliphatic carbocycles. The fraction of sp³-hybridized carbons (Fsp3) is 0.524. The van der Waals surface area contributed by atoms with Gasteiger partial charge in [0.15, 0.2) is 0 Å². The van der Waals surface area contributed by atoms with E-state index in [1.807, 2.05) is 20.8 Å². The molecule has 0 radical (unpaired) electrons. The third kappa shape index (κ3) is 4.96. The minimum atomic E-state index is -0.918. The Balaban J connectivity index is 1.89. The van der Waals surface area contributed by atoms with E-state index in [-0.39, 0.29) is 31.1 Å². The molecule has 0 amide bonds. The Bertz CT molecular complexity index is 1030. The first-order chi connectivity index (χ1) is 15.0. The summed E-state index contributed by atoms with van der Waals surface area (Å²) in [6, 6.07) is 6.38. The molecule has 1 aromatic carbocycles. The standard InChI is InChI=1S/C21H28N4O7/c1-21(2,3)18(13-6-4-5-7-14(13)25(29)30)31-11-12-9-24(20(28)23-19(12)22)17-8-15(27)16(10-26)32-17/h4-7,9,15-18,26-27H,8,10-11H2,1-3H3,(H2,22,23,28)/t15?,16-,17-,18-/m1/s1. The predicted molar refractivity (Wildman–Crippen MR) is 115 cm³/mol. The number of anilines is 1. The third-order valence-corrected chi connectivity index (χ3v) is 5.36. The highest BCUT2D eigenvalue weighted by atomic mass is 16.6. The molecule has 174 valence electrons. The van der Waals surface area contributed by atoms with Gasteiger partial charge in [-0.25, -0.2) is 4.79 Å². The minimum absolute atomic E-state index is 0.0290. The molecule has 1 aliphatic rings. The van der Waals surface area contributed by atoms with Crippen molar-refractivity contribution in [3.63, 3.8) is 0 Å². The molecule has 0 bridgehead atoms. The van der Waals surface area contributed by atoms with Gasteiger partial charge in [-0.15, -0.1) is 0 Å². The number of nitrogens with zero attached hydrogens (tertiary/aromatic N) is 3. The minimum Gasteiger partial charge on any atom is -0.394 e. The molecule has 2 aromatic rings. The summed E-state index contributed by atoms with van der Waals surface area (Å²) < 4.78 is 12.8. The molecule has 11 heteroatoms. The van der Waals surface area contributed by atoms with Crippen LogP contribution in [-0.4, -0.2) is 43.5 Å². The maximum atomic E-state index is 12.4. The van der Waals surface area contributed by atoms with Crippen LogP contribution in [0, 0.1) is 15.5 Å². The predicted octanol–water partition coefficient (Wildman–Crippen LogP) is 1.68. The molecule has 0 spiro atoms. The van der Waals surface area contributed by atoms with Crippen LogP contribution in [0.4, 0.5) is 11.5 Å². The average Bonchev–Trinajstić information content (AvgIpc) is 3.09. The van der Waals surface area contributed by atoms with E-state index < -0.39 is 40.6 Å². The Labute approximate surface area is 184 Å².